The van der Waals surface area contributed by atoms with Crippen LogP contribution in [-0.4, -0.2) is 77.2 Å². The minimum Gasteiger partial charge on any atom is -0.381 e. The Balaban J connectivity index is 1.13. The van der Waals surface area contributed by atoms with Gasteiger partial charge in [0, 0.05) is 43.2 Å². The van der Waals surface area contributed by atoms with Crippen LogP contribution in [0.4, 0.5) is 0 Å². The van der Waals surface area contributed by atoms with Crippen molar-refractivity contribution in [3.05, 3.63) is 36.0 Å². The Morgan fingerprint density at radius 3 is 2.59 bits per heavy atom. The number of likely N-dealkylation sites (tertiary alicyclic amines) is 2. The summed E-state index contributed by atoms with van der Waals surface area (Å²) in [6, 6.07) is 10.1. The van der Waals surface area contributed by atoms with Crippen molar-refractivity contribution in [2.45, 2.75) is 56.2 Å². The van der Waals surface area contributed by atoms with Gasteiger partial charge >= 0.3 is 0 Å². The predicted octanol–water partition coefficient (Wildman–Crippen LogP) is 2.96. The first-order chi connectivity index (χ1) is 15.7. The number of aromatic nitrogens is 1. The summed E-state index contributed by atoms with van der Waals surface area (Å²) in [5.41, 5.74) is 1.41. The van der Waals surface area contributed by atoms with Gasteiger partial charge in [0.25, 0.3) is 11.8 Å². The number of rotatable bonds is 5. The van der Waals surface area contributed by atoms with Crippen LogP contribution in [0.25, 0.3) is 10.9 Å². The van der Waals surface area contributed by atoms with Gasteiger partial charge in [0.15, 0.2) is 6.10 Å². The van der Waals surface area contributed by atoms with Gasteiger partial charge in [-0.05, 0) is 56.6 Å². The predicted molar refractivity (Wildman–Crippen MR) is 119 cm³/mol. The van der Waals surface area contributed by atoms with Crippen LogP contribution < -0.4 is 0 Å². The summed E-state index contributed by atoms with van der Waals surface area (Å²) in [5, 5.41) is 1.05. The largest absolute Gasteiger partial charge is 0.381 e. The van der Waals surface area contributed by atoms with Crippen molar-refractivity contribution in [3.63, 3.8) is 0 Å². The van der Waals surface area contributed by atoms with Gasteiger partial charge < -0.3 is 24.3 Å². The lowest BCUT2D eigenvalue weighted by Gasteiger charge is -2.62. The van der Waals surface area contributed by atoms with Crippen molar-refractivity contribution in [1.29, 1.82) is 0 Å². The molecule has 1 unspecified atom stereocenters. The van der Waals surface area contributed by atoms with Crippen LogP contribution in [0.1, 0.15) is 49.0 Å². The summed E-state index contributed by atoms with van der Waals surface area (Å²) in [6.45, 7) is 3.42. The first kappa shape index (κ1) is 20.2. The molecule has 1 aromatic carbocycles. The molecule has 170 valence electrons. The monoisotopic (exact) mass is 437 g/mol. The maximum Gasteiger partial charge on any atom is 0.270 e. The second-order valence-corrected chi connectivity index (χ2v) is 9.87. The molecule has 3 saturated heterocycles. The van der Waals surface area contributed by atoms with E-state index >= 15 is 0 Å². The van der Waals surface area contributed by atoms with E-state index in [9.17, 15) is 9.59 Å². The molecule has 1 aliphatic carbocycles. The molecule has 2 aromatic rings. The van der Waals surface area contributed by atoms with Crippen LogP contribution in [0.3, 0.4) is 0 Å². The van der Waals surface area contributed by atoms with Crippen LogP contribution >= 0.6 is 0 Å². The van der Waals surface area contributed by atoms with Crippen LogP contribution in [0.15, 0.2) is 30.3 Å². The fraction of sp³-hybridized carbons (Fsp3) is 0.600. The maximum atomic E-state index is 13.2. The molecule has 1 saturated carbocycles. The Morgan fingerprint density at radius 1 is 1.12 bits per heavy atom. The van der Waals surface area contributed by atoms with Gasteiger partial charge in [-0.25, -0.2) is 0 Å². The quantitative estimate of drug-likeness (QED) is 0.730. The number of amides is 2. The minimum atomic E-state index is -0.307. The molecule has 4 fully saturated rings. The SMILES string of the molecule is O=C(c1cc2ccccc2[nH]1)N1CCC(N2C(=O)C(OCC3CC3)C23CCOCC3)CC1. The summed E-state index contributed by atoms with van der Waals surface area (Å²) in [7, 11) is 0. The standard InChI is InChI=1S/C25H31N3O4/c29-23(21-15-18-3-1-2-4-20(18)26-21)27-11-7-19(8-12-27)28-24(30)22(32-16-17-5-6-17)25(28)9-13-31-14-10-25/h1-4,15,17,19,22,26H,5-14,16H2. The van der Waals surface area contributed by atoms with E-state index in [0.717, 1.165) is 36.6 Å². The average Bonchev–Trinajstić information content (AvgIpc) is 3.55. The smallest absolute Gasteiger partial charge is 0.270 e. The molecular formula is C25H31N3O4. The van der Waals surface area contributed by atoms with Gasteiger partial charge in [-0.3, -0.25) is 9.59 Å². The van der Waals surface area contributed by atoms with Crippen LogP contribution in [-0.2, 0) is 14.3 Å². The number of β-lactam (4-membered cyclic amide) rings is 1. The van der Waals surface area contributed by atoms with Crippen LogP contribution in [0.2, 0.25) is 0 Å². The molecule has 1 N–H and O–H groups in total. The van der Waals surface area contributed by atoms with E-state index in [-0.39, 0.29) is 29.5 Å². The van der Waals surface area contributed by atoms with Gasteiger partial charge in [-0.1, -0.05) is 18.2 Å². The number of nitrogens with zero attached hydrogens (tertiary/aromatic N) is 2. The number of piperidine rings is 1. The van der Waals surface area contributed by atoms with Gasteiger partial charge in [0.05, 0.1) is 12.1 Å². The van der Waals surface area contributed by atoms with E-state index in [1.54, 1.807) is 0 Å². The highest BCUT2D eigenvalue weighted by Gasteiger charge is 2.63. The average molecular weight is 438 g/mol. The van der Waals surface area contributed by atoms with Crippen LogP contribution in [0, 0.1) is 5.92 Å². The number of aromatic amines is 1. The molecule has 7 heteroatoms. The Labute approximate surface area is 188 Å². The Kier molecular flexibility index (Phi) is 4.99. The number of benzene rings is 1. The number of hydrogen-bond acceptors (Lipinski definition) is 4. The molecule has 1 atom stereocenters. The van der Waals surface area contributed by atoms with Gasteiger partial charge in [0.1, 0.15) is 5.69 Å². The zero-order valence-electron chi connectivity index (χ0n) is 18.4. The lowest BCUT2D eigenvalue weighted by atomic mass is 9.72. The molecule has 7 nitrogen and oxygen atoms in total. The lowest BCUT2D eigenvalue weighted by molar-refractivity contribution is -0.219. The van der Waals surface area contributed by atoms with Gasteiger partial charge in [-0.2, -0.15) is 0 Å². The minimum absolute atomic E-state index is 0.0426. The van der Waals surface area contributed by atoms with Crippen LogP contribution in [0.5, 0.6) is 0 Å². The number of fused-ring (bicyclic) bond motifs is 1. The molecule has 0 bridgehead atoms. The number of carbonyl (C=O) groups excluding carboxylic acids is 2. The van der Waals surface area contributed by atoms with Crippen molar-refractivity contribution < 1.29 is 19.1 Å². The molecule has 4 aliphatic rings. The molecular weight excluding hydrogens is 406 g/mol. The molecule has 0 radical (unpaired) electrons. The highest BCUT2D eigenvalue weighted by atomic mass is 16.5. The van der Waals surface area contributed by atoms with Gasteiger partial charge in [0.2, 0.25) is 0 Å². The summed E-state index contributed by atoms with van der Waals surface area (Å²) < 4.78 is 11.8. The van der Waals surface area contributed by atoms with E-state index in [1.165, 1.54) is 12.8 Å². The molecule has 6 rings (SSSR count). The van der Waals surface area contributed by atoms with E-state index in [4.69, 9.17) is 9.47 Å². The van der Waals surface area contributed by atoms with E-state index in [2.05, 4.69) is 9.88 Å². The number of ether oxygens (including phenoxy) is 2. The zero-order chi connectivity index (χ0) is 21.7. The molecule has 4 heterocycles. The van der Waals surface area contributed by atoms with Crippen molar-refractivity contribution in [3.8, 4) is 0 Å². The molecule has 2 amide bonds. The third kappa shape index (κ3) is 3.33. The number of para-hydroxylation sites is 1. The lowest BCUT2D eigenvalue weighted by Crippen LogP contribution is -2.79. The number of H-pyrrole nitrogens is 1. The summed E-state index contributed by atoms with van der Waals surface area (Å²) in [5.74, 6) is 0.835. The molecule has 1 aromatic heterocycles. The number of hydrogen-bond donors (Lipinski definition) is 1. The first-order valence-electron chi connectivity index (χ1n) is 12.1. The summed E-state index contributed by atoms with van der Waals surface area (Å²) in [6.07, 6.45) is 5.47. The van der Waals surface area contributed by atoms with Crippen molar-refractivity contribution >= 4 is 22.7 Å². The van der Waals surface area contributed by atoms with E-state index < -0.39 is 0 Å². The van der Waals surface area contributed by atoms with Crippen molar-refractivity contribution in [1.82, 2.24) is 14.8 Å². The van der Waals surface area contributed by atoms with E-state index in [1.807, 2.05) is 35.2 Å². The Hall–Kier alpha value is -2.38. The zero-order valence-corrected chi connectivity index (χ0v) is 18.4. The second kappa shape index (κ2) is 7.89. The topological polar surface area (TPSA) is 74.9 Å². The normalized spacial score (nSPS) is 26.0. The third-order valence-electron chi connectivity index (χ3n) is 7.86. The van der Waals surface area contributed by atoms with Gasteiger partial charge in [-0.15, -0.1) is 0 Å². The summed E-state index contributed by atoms with van der Waals surface area (Å²) in [4.78, 5) is 33.5. The fourth-order valence-corrected chi connectivity index (χ4v) is 5.84. The fourth-order valence-electron chi connectivity index (χ4n) is 5.84. The second-order valence-electron chi connectivity index (χ2n) is 9.87. The van der Waals surface area contributed by atoms with E-state index in [0.29, 0.717) is 44.5 Å². The Morgan fingerprint density at radius 2 is 1.88 bits per heavy atom. The summed E-state index contributed by atoms with van der Waals surface area (Å²) >= 11 is 0. The Bertz CT molecular complexity index is 982. The van der Waals surface area contributed by atoms with Crippen molar-refractivity contribution in [2.24, 2.45) is 5.92 Å². The first-order valence-corrected chi connectivity index (χ1v) is 12.1. The number of nitrogens with one attached hydrogen (secondary N) is 1. The third-order valence-corrected chi connectivity index (χ3v) is 7.86. The molecule has 1 spiro atoms. The highest BCUT2D eigenvalue weighted by molar-refractivity contribution is 5.98. The molecule has 3 aliphatic heterocycles. The maximum absolute atomic E-state index is 13.2. The molecule has 32 heavy (non-hydrogen) atoms. The highest BCUT2D eigenvalue weighted by Crippen LogP contribution is 2.46. The number of carbonyl (C=O) groups is 2. The van der Waals surface area contributed by atoms with Crippen molar-refractivity contribution in [2.75, 3.05) is 32.9 Å².